The van der Waals surface area contributed by atoms with Crippen LogP contribution in [0.2, 0.25) is 0 Å². The molecule has 0 aromatic carbocycles. The van der Waals surface area contributed by atoms with Crippen molar-refractivity contribution in [1.29, 1.82) is 0 Å². The van der Waals surface area contributed by atoms with Crippen LogP contribution in [0.5, 0.6) is 5.75 Å². The fourth-order valence-corrected chi connectivity index (χ4v) is 0.638. The SMILES string of the molecule is Oc1cnc(C#CCBr)nc1. The zero-order valence-electron chi connectivity index (χ0n) is 5.58. The van der Waals surface area contributed by atoms with E-state index in [0.717, 1.165) is 0 Å². The maximum absolute atomic E-state index is 8.80. The van der Waals surface area contributed by atoms with Crippen molar-refractivity contribution in [3.63, 3.8) is 0 Å². The van der Waals surface area contributed by atoms with Gasteiger partial charge in [0.2, 0.25) is 5.82 Å². The van der Waals surface area contributed by atoms with Gasteiger partial charge in [0.1, 0.15) is 0 Å². The van der Waals surface area contributed by atoms with Crippen molar-refractivity contribution in [3.8, 4) is 17.6 Å². The second-order valence-electron chi connectivity index (χ2n) is 1.70. The van der Waals surface area contributed by atoms with E-state index < -0.39 is 0 Å². The van der Waals surface area contributed by atoms with Gasteiger partial charge in [-0.2, -0.15) is 0 Å². The van der Waals surface area contributed by atoms with Gasteiger partial charge in [0.25, 0.3) is 0 Å². The number of alkyl halides is 1. The van der Waals surface area contributed by atoms with Crippen LogP contribution in [0.4, 0.5) is 0 Å². The molecule has 4 heteroatoms. The van der Waals surface area contributed by atoms with Gasteiger partial charge in [0.15, 0.2) is 5.75 Å². The Balaban J connectivity index is 2.82. The van der Waals surface area contributed by atoms with Gasteiger partial charge in [0.05, 0.1) is 17.7 Å². The van der Waals surface area contributed by atoms with Crippen LogP contribution in [0, 0.1) is 11.8 Å². The molecule has 11 heavy (non-hydrogen) atoms. The predicted octanol–water partition coefficient (Wildman–Crippen LogP) is 0.929. The molecule has 0 unspecified atom stereocenters. The number of hydrogen-bond acceptors (Lipinski definition) is 3. The second kappa shape index (κ2) is 3.94. The third-order valence-electron chi connectivity index (χ3n) is 0.905. The lowest BCUT2D eigenvalue weighted by molar-refractivity contribution is 0.469. The summed E-state index contributed by atoms with van der Waals surface area (Å²) < 4.78 is 0. The molecule has 0 bridgehead atoms. The smallest absolute Gasteiger partial charge is 0.205 e. The summed E-state index contributed by atoms with van der Waals surface area (Å²) in [6.45, 7) is 0. The minimum atomic E-state index is 0.0504. The molecular formula is C7H5BrN2O. The summed E-state index contributed by atoms with van der Waals surface area (Å²) in [7, 11) is 0. The molecule has 1 N–H and O–H groups in total. The van der Waals surface area contributed by atoms with Gasteiger partial charge in [-0.1, -0.05) is 21.9 Å². The van der Waals surface area contributed by atoms with Crippen LogP contribution >= 0.6 is 15.9 Å². The van der Waals surface area contributed by atoms with E-state index in [2.05, 4.69) is 37.7 Å². The van der Waals surface area contributed by atoms with Crippen LogP contribution in [0.1, 0.15) is 5.82 Å². The molecule has 0 aliphatic rings. The predicted molar refractivity (Wildman–Crippen MR) is 44.4 cm³/mol. The van der Waals surface area contributed by atoms with Gasteiger partial charge in [-0.25, -0.2) is 9.97 Å². The van der Waals surface area contributed by atoms with E-state index in [1.165, 1.54) is 12.4 Å². The first-order chi connectivity index (χ1) is 5.33. The average Bonchev–Trinajstić information content (AvgIpc) is 2.04. The molecule has 0 fully saturated rings. The highest BCUT2D eigenvalue weighted by Gasteiger charge is 1.89. The lowest BCUT2D eigenvalue weighted by atomic mass is 10.5. The highest BCUT2D eigenvalue weighted by molar-refractivity contribution is 9.09. The molecular weight excluding hydrogens is 208 g/mol. The molecule has 56 valence electrons. The topological polar surface area (TPSA) is 46.0 Å². The zero-order chi connectivity index (χ0) is 8.10. The van der Waals surface area contributed by atoms with Crippen LogP contribution in [0.3, 0.4) is 0 Å². The first-order valence-electron chi connectivity index (χ1n) is 2.89. The number of halogens is 1. The van der Waals surface area contributed by atoms with Gasteiger partial charge in [0, 0.05) is 0 Å². The quantitative estimate of drug-likeness (QED) is 0.515. The molecule has 1 aromatic heterocycles. The van der Waals surface area contributed by atoms with Crippen molar-refractivity contribution >= 4 is 15.9 Å². The van der Waals surface area contributed by atoms with Gasteiger partial charge >= 0.3 is 0 Å². The van der Waals surface area contributed by atoms with Crippen molar-refractivity contribution in [1.82, 2.24) is 9.97 Å². The number of aromatic nitrogens is 2. The third kappa shape index (κ3) is 2.56. The molecule has 0 saturated heterocycles. The Kier molecular flexibility index (Phi) is 2.87. The fraction of sp³-hybridized carbons (Fsp3) is 0.143. The number of nitrogens with zero attached hydrogens (tertiary/aromatic N) is 2. The van der Waals surface area contributed by atoms with E-state index in [-0.39, 0.29) is 5.75 Å². The zero-order valence-corrected chi connectivity index (χ0v) is 7.17. The Morgan fingerprint density at radius 2 is 2.09 bits per heavy atom. The average molecular weight is 213 g/mol. The minimum Gasteiger partial charge on any atom is -0.505 e. The Morgan fingerprint density at radius 3 is 2.64 bits per heavy atom. The molecule has 1 rings (SSSR count). The normalized spacial score (nSPS) is 8.45. The summed E-state index contributed by atoms with van der Waals surface area (Å²) in [5, 5.41) is 9.39. The van der Waals surface area contributed by atoms with E-state index in [0.29, 0.717) is 11.2 Å². The summed E-state index contributed by atoms with van der Waals surface area (Å²) >= 11 is 3.14. The molecule has 3 nitrogen and oxygen atoms in total. The molecule has 1 aromatic rings. The van der Waals surface area contributed by atoms with Gasteiger partial charge in [-0.15, -0.1) is 0 Å². The van der Waals surface area contributed by atoms with Crippen LogP contribution in [0.25, 0.3) is 0 Å². The maximum atomic E-state index is 8.80. The molecule has 0 spiro atoms. The molecule has 1 heterocycles. The number of aromatic hydroxyl groups is 1. The standard InChI is InChI=1S/C7H5BrN2O/c8-3-1-2-7-9-4-6(11)5-10-7/h4-5,11H,3H2. The Labute approximate surface area is 72.6 Å². The molecule has 0 amide bonds. The first kappa shape index (κ1) is 8.02. The number of hydrogen-bond donors (Lipinski definition) is 1. The van der Waals surface area contributed by atoms with Gasteiger partial charge < -0.3 is 5.11 Å². The van der Waals surface area contributed by atoms with Crippen LogP contribution in [-0.2, 0) is 0 Å². The monoisotopic (exact) mass is 212 g/mol. The van der Waals surface area contributed by atoms with Crippen molar-refractivity contribution in [2.24, 2.45) is 0 Å². The highest BCUT2D eigenvalue weighted by Crippen LogP contribution is 2.00. The molecule has 0 atom stereocenters. The molecule has 0 aliphatic carbocycles. The molecule has 0 saturated carbocycles. The first-order valence-corrected chi connectivity index (χ1v) is 4.01. The fourth-order valence-electron chi connectivity index (χ4n) is 0.498. The van der Waals surface area contributed by atoms with Crippen molar-refractivity contribution in [3.05, 3.63) is 18.2 Å². The van der Waals surface area contributed by atoms with E-state index in [1.807, 2.05) is 0 Å². The largest absolute Gasteiger partial charge is 0.505 e. The lowest BCUT2D eigenvalue weighted by Crippen LogP contribution is -1.85. The van der Waals surface area contributed by atoms with Gasteiger partial charge in [-0.05, 0) is 5.92 Å². The summed E-state index contributed by atoms with van der Waals surface area (Å²) in [6, 6.07) is 0. The Bertz CT molecular complexity index is 286. The second-order valence-corrected chi connectivity index (χ2v) is 2.26. The van der Waals surface area contributed by atoms with Crippen LogP contribution in [0.15, 0.2) is 12.4 Å². The Morgan fingerprint density at radius 1 is 1.45 bits per heavy atom. The molecule has 0 radical (unpaired) electrons. The van der Waals surface area contributed by atoms with E-state index in [9.17, 15) is 0 Å². The molecule has 0 aliphatic heterocycles. The van der Waals surface area contributed by atoms with Crippen molar-refractivity contribution in [2.75, 3.05) is 5.33 Å². The van der Waals surface area contributed by atoms with E-state index in [1.54, 1.807) is 0 Å². The highest BCUT2D eigenvalue weighted by atomic mass is 79.9. The number of rotatable bonds is 0. The van der Waals surface area contributed by atoms with Gasteiger partial charge in [-0.3, -0.25) is 0 Å². The lowest BCUT2D eigenvalue weighted by Gasteiger charge is -1.88. The van der Waals surface area contributed by atoms with Crippen molar-refractivity contribution < 1.29 is 5.11 Å². The van der Waals surface area contributed by atoms with E-state index >= 15 is 0 Å². The summed E-state index contributed by atoms with van der Waals surface area (Å²) in [4.78, 5) is 7.52. The van der Waals surface area contributed by atoms with E-state index in [4.69, 9.17) is 5.11 Å². The van der Waals surface area contributed by atoms with Crippen LogP contribution < -0.4 is 0 Å². The third-order valence-corrected chi connectivity index (χ3v) is 1.19. The maximum Gasteiger partial charge on any atom is 0.205 e. The minimum absolute atomic E-state index is 0.0504. The van der Waals surface area contributed by atoms with Crippen LogP contribution in [-0.4, -0.2) is 20.4 Å². The summed E-state index contributed by atoms with van der Waals surface area (Å²) in [5.74, 6) is 5.90. The van der Waals surface area contributed by atoms with Crippen molar-refractivity contribution in [2.45, 2.75) is 0 Å². The summed E-state index contributed by atoms with van der Waals surface area (Å²) in [5.41, 5.74) is 0. The Hall–Kier alpha value is -1.08. The summed E-state index contributed by atoms with van der Waals surface area (Å²) in [6.07, 6.45) is 2.62.